The Hall–Kier alpha value is 0.137. The fourth-order valence-electron chi connectivity index (χ4n) is 3.16. The lowest BCUT2D eigenvalue weighted by Crippen LogP contribution is -2.42. The molecule has 0 saturated carbocycles. The van der Waals surface area contributed by atoms with E-state index in [1.54, 1.807) is 12.1 Å². The lowest BCUT2D eigenvalue weighted by Gasteiger charge is -2.37. The maximum absolute atomic E-state index is 5.40. The van der Waals surface area contributed by atoms with Gasteiger partial charge >= 0.3 is 0 Å². The summed E-state index contributed by atoms with van der Waals surface area (Å²) < 4.78 is 5.40. The first-order chi connectivity index (χ1) is 7.16. The van der Waals surface area contributed by atoms with E-state index in [4.69, 9.17) is 4.74 Å². The van der Waals surface area contributed by atoms with Gasteiger partial charge < -0.3 is 4.74 Å². The van der Waals surface area contributed by atoms with Crippen molar-refractivity contribution in [2.45, 2.75) is 38.0 Å². The molecule has 2 heterocycles. The van der Waals surface area contributed by atoms with Crippen LogP contribution in [0.25, 0.3) is 0 Å². The molecule has 0 amide bonds. The normalized spacial score (nSPS) is 32.8. The number of hydrogen-bond donors (Lipinski definition) is 0. The minimum Gasteiger partial charge on any atom is -0.379 e. The van der Waals surface area contributed by atoms with Crippen LogP contribution in [0.1, 0.15) is 12.8 Å². The lowest BCUT2D eigenvalue weighted by atomic mass is 10.0. The van der Waals surface area contributed by atoms with E-state index in [-0.39, 0.29) is 0 Å². The van der Waals surface area contributed by atoms with Gasteiger partial charge in [-0.05, 0) is 12.3 Å². The Morgan fingerprint density at radius 1 is 1.27 bits per heavy atom. The summed E-state index contributed by atoms with van der Waals surface area (Å²) in [7, 11) is -0.796. The van der Waals surface area contributed by atoms with Crippen molar-refractivity contribution >= 4 is 8.07 Å². The zero-order chi connectivity index (χ0) is 10.7. The molecule has 15 heavy (non-hydrogen) atoms. The van der Waals surface area contributed by atoms with Crippen LogP contribution >= 0.6 is 0 Å². The van der Waals surface area contributed by atoms with Crippen molar-refractivity contribution in [1.29, 1.82) is 0 Å². The van der Waals surface area contributed by atoms with Gasteiger partial charge in [0.1, 0.15) is 0 Å². The van der Waals surface area contributed by atoms with Gasteiger partial charge in [-0.15, -0.1) is 0 Å². The number of hydrogen-bond acceptors (Lipinski definition) is 2. The summed E-state index contributed by atoms with van der Waals surface area (Å²) in [5.41, 5.74) is 0. The Labute approximate surface area is 95.0 Å². The monoisotopic (exact) mass is 227 g/mol. The van der Waals surface area contributed by atoms with Crippen LogP contribution in [-0.4, -0.2) is 45.8 Å². The van der Waals surface area contributed by atoms with E-state index in [0.717, 1.165) is 19.1 Å². The Bertz CT molecular complexity index is 202. The topological polar surface area (TPSA) is 12.5 Å². The van der Waals surface area contributed by atoms with E-state index in [2.05, 4.69) is 18.0 Å². The molecule has 2 rings (SSSR count). The lowest BCUT2D eigenvalue weighted by molar-refractivity contribution is 0.0308. The van der Waals surface area contributed by atoms with Crippen LogP contribution in [0.4, 0.5) is 0 Å². The molecule has 3 heteroatoms. The molecule has 2 nitrogen and oxygen atoms in total. The number of morpholine rings is 1. The molecule has 0 aromatic heterocycles. The van der Waals surface area contributed by atoms with Gasteiger partial charge in [0.05, 0.1) is 13.2 Å². The van der Waals surface area contributed by atoms with Crippen LogP contribution in [0.15, 0.2) is 0 Å². The SMILES string of the molecule is C[Si]1(C)CCC[C@@H](CN2CCOCC2)C1. The first-order valence-electron chi connectivity index (χ1n) is 6.46. The van der Waals surface area contributed by atoms with Gasteiger partial charge in [-0.3, -0.25) is 4.90 Å². The predicted molar refractivity (Wildman–Crippen MR) is 67.1 cm³/mol. The molecule has 0 aromatic rings. The molecule has 88 valence electrons. The highest BCUT2D eigenvalue weighted by Crippen LogP contribution is 2.33. The molecular formula is C12H25NOSi. The van der Waals surface area contributed by atoms with E-state index in [1.807, 2.05) is 0 Å². The number of nitrogens with zero attached hydrogens (tertiary/aromatic N) is 1. The van der Waals surface area contributed by atoms with E-state index in [1.165, 1.54) is 32.5 Å². The fraction of sp³-hybridized carbons (Fsp3) is 1.00. The van der Waals surface area contributed by atoms with Crippen molar-refractivity contribution in [3.8, 4) is 0 Å². The van der Waals surface area contributed by atoms with E-state index in [9.17, 15) is 0 Å². The summed E-state index contributed by atoms with van der Waals surface area (Å²) in [6, 6.07) is 3.12. The van der Waals surface area contributed by atoms with Crippen molar-refractivity contribution in [1.82, 2.24) is 4.90 Å². The molecule has 0 radical (unpaired) electrons. The maximum atomic E-state index is 5.40. The Kier molecular flexibility index (Phi) is 3.86. The van der Waals surface area contributed by atoms with Crippen LogP contribution in [0.5, 0.6) is 0 Å². The van der Waals surface area contributed by atoms with Crippen LogP contribution in [0.2, 0.25) is 25.2 Å². The Morgan fingerprint density at radius 3 is 2.67 bits per heavy atom. The third kappa shape index (κ3) is 3.57. The minimum atomic E-state index is -0.796. The minimum absolute atomic E-state index is 0.796. The summed E-state index contributed by atoms with van der Waals surface area (Å²) in [6.45, 7) is 10.7. The highest BCUT2D eigenvalue weighted by Gasteiger charge is 2.30. The summed E-state index contributed by atoms with van der Waals surface area (Å²) in [4.78, 5) is 2.62. The van der Waals surface area contributed by atoms with Crippen LogP contribution < -0.4 is 0 Å². The second-order valence-corrected chi connectivity index (χ2v) is 11.3. The highest BCUT2D eigenvalue weighted by atomic mass is 28.3. The number of rotatable bonds is 2. The third-order valence-corrected chi connectivity index (χ3v) is 7.32. The van der Waals surface area contributed by atoms with E-state index in [0.29, 0.717) is 0 Å². The molecule has 0 aromatic carbocycles. The molecule has 1 atom stereocenters. The Balaban J connectivity index is 1.78. The molecule has 0 unspecified atom stereocenters. The average molecular weight is 227 g/mol. The van der Waals surface area contributed by atoms with Gasteiger partial charge in [0.2, 0.25) is 0 Å². The van der Waals surface area contributed by atoms with Gasteiger partial charge in [-0.25, -0.2) is 0 Å². The number of ether oxygens (including phenoxy) is 1. The largest absolute Gasteiger partial charge is 0.379 e. The van der Waals surface area contributed by atoms with Crippen molar-refractivity contribution < 1.29 is 4.74 Å². The summed E-state index contributed by atoms with van der Waals surface area (Å²) in [6.07, 6.45) is 2.97. The molecule has 2 saturated heterocycles. The van der Waals surface area contributed by atoms with Gasteiger partial charge in [0, 0.05) is 27.7 Å². The molecule has 2 fully saturated rings. The van der Waals surface area contributed by atoms with Crippen molar-refractivity contribution in [3.63, 3.8) is 0 Å². The van der Waals surface area contributed by atoms with Gasteiger partial charge in [-0.2, -0.15) is 0 Å². The molecule has 0 N–H and O–H groups in total. The van der Waals surface area contributed by atoms with Gasteiger partial charge in [-0.1, -0.05) is 31.6 Å². The van der Waals surface area contributed by atoms with E-state index >= 15 is 0 Å². The van der Waals surface area contributed by atoms with Crippen molar-refractivity contribution in [3.05, 3.63) is 0 Å². The van der Waals surface area contributed by atoms with Crippen LogP contribution in [-0.2, 0) is 4.74 Å². The van der Waals surface area contributed by atoms with Crippen LogP contribution in [0, 0.1) is 5.92 Å². The predicted octanol–water partition coefficient (Wildman–Crippen LogP) is 2.44. The first-order valence-corrected chi connectivity index (χ1v) is 9.87. The molecule has 0 aliphatic carbocycles. The molecule has 0 bridgehead atoms. The molecule has 2 aliphatic heterocycles. The quantitative estimate of drug-likeness (QED) is 0.672. The summed E-state index contributed by atoms with van der Waals surface area (Å²) >= 11 is 0. The smallest absolute Gasteiger partial charge is 0.0594 e. The third-order valence-electron chi connectivity index (χ3n) is 3.93. The first kappa shape index (κ1) is 11.6. The fourth-order valence-corrected chi connectivity index (χ4v) is 6.42. The van der Waals surface area contributed by atoms with Gasteiger partial charge in [0.15, 0.2) is 0 Å². The van der Waals surface area contributed by atoms with E-state index < -0.39 is 8.07 Å². The second kappa shape index (κ2) is 4.98. The molecule has 0 spiro atoms. The Morgan fingerprint density at radius 2 is 2.00 bits per heavy atom. The second-order valence-electron chi connectivity index (χ2n) is 6.04. The van der Waals surface area contributed by atoms with Crippen molar-refractivity contribution in [2.24, 2.45) is 5.92 Å². The maximum Gasteiger partial charge on any atom is 0.0594 e. The zero-order valence-corrected chi connectivity index (χ0v) is 11.3. The standard InChI is InChI=1S/C12H25NOSi/c1-15(2)9-3-4-12(11-15)10-13-5-7-14-8-6-13/h12H,3-11H2,1-2H3/t12-/m0/s1. The zero-order valence-electron chi connectivity index (χ0n) is 10.3. The highest BCUT2D eigenvalue weighted by molar-refractivity contribution is 6.77. The average Bonchev–Trinajstić information content (AvgIpc) is 2.17. The van der Waals surface area contributed by atoms with Crippen molar-refractivity contribution in [2.75, 3.05) is 32.8 Å². The van der Waals surface area contributed by atoms with Gasteiger partial charge in [0.25, 0.3) is 0 Å². The summed E-state index contributed by atoms with van der Waals surface area (Å²) in [5, 5.41) is 0. The summed E-state index contributed by atoms with van der Waals surface area (Å²) in [5.74, 6) is 0.999. The van der Waals surface area contributed by atoms with Crippen LogP contribution in [0.3, 0.4) is 0 Å². The molecule has 2 aliphatic rings. The molecular weight excluding hydrogens is 202 g/mol.